The van der Waals surface area contributed by atoms with Gasteiger partial charge in [-0.05, 0) is 29.3 Å². The highest BCUT2D eigenvalue weighted by molar-refractivity contribution is 8.00. The fourth-order valence-electron chi connectivity index (χ4n) is 3.86. The lowest BCUT2D eigenvalue weighted by Gasteiger charge is -2.34. The maximum absolute atomic E-state index is 13.5. The van der Waals surface area contributed by atoms with Gasteiger partial charge in [0.05, 0.1) is 32.7 Å². The fraction of sp³-hybridized carbons (Fsp3) is 0.222. The van der Waals surface area contributed by atoms with Gasteiger partial charge in [0, 0.05) is 4.90 Å². The van der Waals surface area contributed by atoms with Crippen molar-refractivity contribution in [1.82, 2.24) is 4.90 Å². The number of hydrogen-bond donors (Lipinski definition) is 1. The van der Waals surface area contributed by atoms with Gasteiger partial charge in [-0.2, -0.15) is 0 Å². The molecule has 4 heteroatoms. The summed E-state index contributed by atoms with van der Waals surface area (Å²) in [6, 6.07) is 30.8. The zero-order chi connectivity index (χ0) is 21.3. The van der Waals surface area contributed by atoms with Crippen molar-refractivity contribution >= 4 is 23.7 Å². The highest BCUT2D eigenvalue weighted by Gasteiger charge is 2.30. The van der Waals surface area contributed by atoms with Gasteiger partial charge < -0.3 is 9.80 Å². The lowest BCUT2D eigenvalue weighted by Crippen LogP contribution is -3.14. The number of hydrogen-bond acceptors (Lipinski definition) is 2. The van der Waals surface area contributed by atoms with Crippen molar-refractivity contribution < 1.29 is 9.69 Å². The standard InChI is InChI=1S/C27H28N2OS/c30-27(26(24-14-6-2-7-15-24)31-25-16-8-3-9-17-25)29-21-19-28(20-22-29)18-10-13-23-11-4-1-5-12-23/h1-17,26H,18-22H2/p+1/b13-10+/t26-/m1/s1. The molecule has 4 rings (SSSR count). The third-order valence-corrected chi connectivity index (χ3v) is 6.88. The highest BCUT2D eigenvalue weighted by atomic mass is 32.2. The second-order valence-corrected chi connectivity index (χ2v) is 8.99. The average Bonchev–Trinajstić information content (AvgIpc) is 2.84. The average molecular weight is 430 g/mol. The molecule has 0 radical (unpaired) electrons. The Kier molecular flexibility index (Phi) is 7.59. The summed E-state index contributed by atoms with van der Waals surface area (Å²) >= 11 is 1.65. The first-order valence-corrected chi connectivity index (χ1v) is 11.8. The van der Waals surface area contributed by atoms with Crippen molar-refractivity contribution in [2.24, 2.45) is 0 Å². The minimum atomic E-state index is -0.205. The number of amides is 1. The highest BCUT2D eigenvalue weighted by Crippen LogP contribution is 2.36. The van der Waals surface area contributed by atoms with E-state index in [2.05, 4.69) is 65.6 Å². The molecule has 1 heterocycles. The predicted octanol–water partition coefficient (Wildman–Crippen LogP) is 3.96. The Balaban J connectivity index is 1.36. The van der Waals surface area contributed by atoms with Crippen LogP contribution < -0.4 is 4.90 Å². The molecule has 0 saturated carbocycles. The Morgan fingerprint density at radius 3 is 2.10 bits per heavy atom. The van der Waals surface area contributed by atoms with Crippen LogP contribution in [0.4, 0.5) is 0 Å². The van der Waals surface area contributed by atoms with Gasteiger partial charge in [0.2, 0.25) is 5.91 Å². The molecule has 1 aliphatic rings. The normalized spacial score (nSPS) is 15.8. The van der Waals surface area contributed by atoms with Crippen LogP contribution >= 0.6 is 11.8 Å². The maximum Gasteiger partial charge on any atom is 0.240 e. The fourth-order valence-corrected chi connectivity index (χ4v) is 4.99. The molecule has 0 aromatic heterocycles. The second kappa shape index (κ2) is 11.0. The molecule has 0 aliphatic carbocycles. The zero-order valence-corrected chi connectivity index (χ0v) is 18.5. The summed E-state index contributed by atoms with van der Waals surface area (Å²) in [5, 5.41) is -0.205. The third-order valence-electron chi connectivity index (χ3n) is 5.62. The predicted molar refractivity (Wildman–Crippen MR) is 129 cm³/mol. The Morgan fingerprint density at radius 1 is 0.871 bits per heavy atom. The van der Waals surface area contributed by atoms with E-state index in [0.29, 0.717) is 0 Å². The zero-order valence-electron chi connectivity index (χ0n) is 17.7. The van der Waals surface area contributed by atoms with Crippen LogP contribution in [0.3, 0.4) is 0 Å². The van der Waals surface area contributed by atoms with Crippen molar-refractivity contribution in [2.45, 2.75) is 10.1 Å². The van der Waals surface area contributed by atoms with Gasteiger partial charge >= 0.3 is 0 Å². The van der Waals surface area contributed by atoms with E-state index >= 15 is 0 Å². The van der Waals surface area contributed by atoms with Gasteiger partial charge in [-0.1, -0.05) is 84.9 Å². The Morgan fingerprint density at radius 2 is 1.45 bits per heavy atom. The van der Waals surface area contributed by atoms with Gasteiger partial charge in [0.15, 0.2) is 0 Å². The summed E-state index contributed by atoms with van der Waals surface area (Å²) in [5.41, 5.74) is 2.31. The molecule has 3 aromatic rings. The van der Waals surface area contributed by atoms with Gasteiger partial charge in [-0.3, -0.25) is 4.79 Å². The number of piperazine rings is 1. The second-order valence-electron chi connectivity index (χ2n) is 7.81. The lowest BCUT2D eigenvalue weighted by atomic mass is 10.1. The van der Waals surface area contributed by atoms with Crippen molar-refractivity contribution in [3.63, 3.8) is 0 Å². The topological polar surface area (TPSA) is 24.8 Å². The number of nitrogens with one attached hydrogen (secondary N) is 1. The van der Waals surface area contributed by atoms with Crippen LogP contribution in [0.25, 0.3) is 6.08 Å². The first kappa shape index (κ1) is 21.4. The van der Waals surface area contributed by atoms with E-state index < -0.39 is 0 Å². The molecule has 1 N–H and O–H groups in total. The molecule has 0 unspecified atom stereocenters. The van der Waals surface area contributed by atoms with Crippen molar-refractivity contribution in [1.29, 1.82) is 0 Å². The van der Waals surface area contributed by atoms with E-state index in [4.69, 9.17) is 0 Å². The Bertz CT molecular complexity index is 968. The molecule has 1 atom stereocenters. The van der Waals surface area contributed by atoms with Crippen LogP contribution in [0.15, 0.2) is 102 Å². The molecule has 0 bridgehead atoms. The Hall–Kier alpha value is -2.82. The van der Waals surface area contributed by atoms with Crippen LogP contribution in [0.1, 0.15) is 16.4 Å². The summed E-state index contributed by atoms with van der Waals surface area (Å²) in [6.07, 6.45) is 4.44. The van der Waals surface area contributed by atoms with E-state index in [-0.39, 0.29) is 11.2 Å². The third kappa shape index (κ3) is 6.09. The first-order valence-electron chi connectivity index (χ1n) is 10.9. The van der Waals surface area contributed by atoms with Gasteiger partial charge in [0.25, 0.3) is 0 Å². The van der Waals surface area contributed by atoms with Crippen molar-refractivity contribution in [3.8, 4) is 0 Å². The van der Waals surface area contributed by atoms with Crippen LogP contribution in [0, 0.1) is 0 Å². The molecule has 31 heavy (non-hydrogen) atoms. The molecule has 1 aliphatic heterocycles. The largest absolute Gasteiger partial charge is 0.330 e. The van der Waals surface area contributed by atoms with Crippen molar-refractivity contribution in [3.05, 3.63) is 108 Å². The number of carbonyl (C=O) groups is 1. The number of benzene rings is 3. The Labute approximate surface area is 189 Å². The van der Waals surface area contributed by atoms with Gasteiger partial charge in [0.1, 0.15) is 5.25 Å². The van der Waals surface area contributed by atoms with Crippen LogP contribution in [-0.2, 0) is 4.79 Å². The molecular formula is C27H29N2OS+. The molecule has 0 spiro atoms. The molecule has 3 aromatic carbocycles. The molecule has 1 fully saturated rings. The number of quaternary nitrogens is 1. The van der Waals surface area contributed by atoms with E-state index in [1.165, 1.54) is 10.5 Å². The summed E-state index contributed by atoms with van der Waals surface area (Å²) in [5.74, 6) is 0.221. The van der Waals surface area contributed by atoms with Crippen LogP contribution in [-0.4, -0.2) is 43.5 Å². The smallest absolute Gasteiger partial charge is 0.240 e. The van der Waals surface area contributed by atoms with E-state index in [1.807, 2.05) is 42.5 Å². The van der Waals surface area contributed by atoms with E-state index in [9.17, 15) is 4.79 Å². The minimum absolute atomic E-state index is 0.205. The van der Waals surface area contributed by atoms with E-state index in [0.717, 1.165) is 43.2 Å². The first-order chi connectivity index (χ1) is 15.3. The molecule has 1 saturated heterocycles. The minimum Gasteiger partial charge on any atom is -0.330 e. The SMILES string of the molecule is O=C([C@H](Sc1ccccc1)c1ccccc1)N1CC[NH+](C/C=C/c2ccccc2)CC1. The molecule has 1 amide bonds. The number of carbonyl (C=O) groups excluding carboxylic acids is 1. The van der Waals surface area contributed by atoms with Gasteiger partial charge in [-0.25, -0.2) is 0 Å². The van der Waals surface area contributed by atoms with Crippen molar-refractivity contribution in [2.75, 3.05) is 32.7 Å². The number of thioether (sulfide) groups is 1. The summed E-state index contributed by atoms with van der Waals surface area (Å²) < 4.78 is 0. The molecule has 158 valence electrons. The summed E-state index contributed by atoms with van der Waals surface area (Å²) in [4.78, 5) is 18.2. The number of nitrogens with zero attached hydrogens (tertiary/aromatic N) is 1. The monoisotopic (exact) mass is 429 g/mol. The number of rotatable bonds is 7. The molecule has 3 nitrogen and oxygen atoms in total. The molecular weight excluding hydrogens is 400 g/mol. The summed E-state index contributed by atoms with van der Waals surface area (Å²) in [6.45, 7) is 4.60. The lowest BCUT2D eigenvalue weighted by molar-refractivity contribution is -0.898. The van der Waals surface area contributed by atoms with E-state index in [1.54, 1.807) is 11.8 Å². The van der Waals surface area contributed by atoms with Crippen LogP contribution in [0.2, 0.25) is 0 Å². The quantitative estimate of drug-likeness (QED) is 0.575. The maximum atomic E-state index is 13.5. The van der Waals surface area contributed by atoms with Gasteiger partial charge in [-0.15, -0.1) is 11.8 Å². The van der Waals surface area contributed by atoms with Crippen LogP contribution in [0.5, 0.6) is 0 Å². The summed E-state index contributed by atoms with van der Waals surface area (Å²) in [7, 11) is 0.